The molecule has 3 aromatic carbocycles. The summed E-state index contributed by atoms with van der Waals surface area (Å²) in [4.78, 5) is 97.0. The van der Waals surface area contributed by atoms with Gasteiger partial charge in [-0.25, -0.2) is 4.39 Å². The fourth-order valence-electron chi connectivity index (χ4n) is 8.33. The molecule has 19 nitrogen and oxygen atoms in total. The predicted octanol–water partition coefficient (Wildman–Crippen LogP) is -1.80. The Balaban J connectivity index is 0.00000592. The number of carboxylic acids is 1. The van der Waals surface area contributed by atoms with Gasteiger partial charge >= 0.3 is 29.6 Å². The van der Waals surface area contributed by atoms with Crippen molar-refractivity contribution in [3.63, 3.8) is 0 Å². The van der Waals surface area contributed by atoms with E-state index in [1.54, 1.807) is 9.47 Å². The van der Waals surface area contributed by atoms with Gasteiger partial charge in [0, 0.05) is 49.7 Å². The quantitative estimate of drug-likeness (QED) is 0.0437. The summed E-state index contributed by atoms with van der Waals surface area (Å²) in [6.45, 7) is 0.404. The van der Waals surface area contributed by atoms with E-state index >= 15 is 4.39 Å². The second kappa shape index (κ2) is 17.9. The topological polar surface area (TPSA) is 290 Å². The Labute approximate surface area is 402 Å². The third-order valence-electron chi connectivity index (χ3n) is 11.8. The fraction of sp³-hybridized carbons (Fsp3) is 0.279. The zero-order valence-corrected chi connectivity index (χ0v) is 38.2. The number of aromatic hydroxyl groups is 3. The molecule has 9 rings (SSSR count). The van der Waals surface area contributed by atoms with E-state index in [2.05, 4.69) is 16.0 Å². The number of carbonyl (C=O) groups is 5. The Bertz CT molecular complexity index is 3070. The van der Waals surface area contributed by atoms with Gasteiger partial charge in [0.25, 0.3) is 17.7 Å². The molecule has 5 aromatic rings. The van der Waals surface area contributed by atoms with Crippen LogP contribution >= 0.6 is 23.4 Å². The van der Waals surface area contributed by atoms with Crippen LogP contribution in [0.4, 0.5) is 10.1 Å². The molecule has 2 saturated heterocycles. The second-order valence-electron chi connectivity index (χ2n) is 16.1. The number of anilines is 1. The van der Waals surface area contributed by atoms with Crippen molar-refractivity contribution >= 4 is 80.5 Å². The molecule has 4 atom stereocenters. The Morgan fingerprint density at radius 3 is 2.33 bits per heavy atom. The zero-order valence-electron chi connectivity index (χ0n) is 34.6. The van der Waals surface area contributed by atoms with E-state index in [0.717, 1.165) is 54.0 Å². The van der Waals surface area contributed by atoms with Gasteiger partial charge in [-0.1, -0.05) is 23.7 Å². The van der Waals surface area contributed by atoms with Gasteiger partial charge in [-0.15, -0.1) is 11.8 Å². The molecule has 1 aliphatic carbocycles. The summed E-state index contributed by atoms with van der Waals surface area (Å²) < 4.78 is 22.7. The van der Waals surface area contributed by atoms with Crippen molar-refractivity contribution in [1.29, 1.82) is 0 Å². The van der Waals surface area contributed by atoms with Gasteiger partial charge in [0.1, 0.15) is 52.0 Å². The molecule has 3 aliphatic heterocycles. The van der Waals surface area contributed by atoms with Crippen molar-refractivity contribution in [3.05, 3.63) is 114 Å². The Morgan fingerprint density at radius 2 is 1.67 bits per heavy atom. The minimum Gasteiger partial charge on any atom is -0.543 e. The number of carboxylic acid groups (broad SMARTS) is 1. The van der Waals surface area contributed by atoms with Crippen molar-refractivity contribution < 1.29 is 82.8 Å². The van der Waals surface area contributed by atoms with Gasteiger partial charge in [0.2, 0.25) is 16.8 Å². The van der Waals surface area contributed by atoms with Crippen LogP contribution in [-0.4, -0.2) is 97.2 Å². The molecule has 4 aliphatic rings. The van der Waals surface area contributed by atoms with Crippen molar-refractivity contribution in [1.82, 2.24) is 25.4 Å². The zero-order chi connectivity index (χ0) is 46.2. The Kier molecular flexibility index (Phi) is 12.6. The van der Waals surface area contributed by atoms with Gasteiger partial charge in [-0.2, -0.15) is 0 Å². The summed E-state index contributed by atoms with van der Waals surface area (Å²) in [6.07, 6.45) is 4.23. The summed E-state index contributed by atoms with van der Waals surface area (Å²) in [5.74, 6) is -7.83. The minimum absolute atomic E-state index is 0. The number of nitrogens with two attached hydrogens (primary N) is 1. The van der Waals surface area contributed by atoms with Gasteiger partial charge in [-0.05, 0) is 54.7 Å². The maximum Gasteiger partial charge on any atom is 1.00 e. The van der Waals surface area contributed by atoms with Crippen LogP contribution in [0, 0.1) is 5.82 Å². The summed E-state index contributed by atoms with van der Waals surface area (Å²) in [5, 5.41) is 48.4. The molecule has 0 bridgehead atoms. The predicted molar refractivity (Wildman–Crippen MR) is 230 cm³/mol. The monoisotopic (exact) mass is 951 g/mol. The first-order valence-electron chi connectivity index (χ1n) is 20.1. The van der Waals surface area contributed by atoms with Crippen molar-refractivity contribution in [2.24, 2.45) is 5.73 Å². The average Bonchev–Trinajstić information content (AvgIpc) is 4.04. The molecular formula is C43H36ClFN7NaO12S. The maximum absolute atomic E-state index is 15.7. The first-order chi connectivity index (χ1) is 31.0. The fourth-order valence-corrected chi connectivity index (χ4v) is 10.1. The summed E-state index contributed by atoms with van der Waals surface area (Å²) >= 11 is 7.85. The Morgan fingerprint density at radius 1 is 0.970 bits per heavy atom. The molecular weight excluding hydrogens is 916 g/mol. The van der Waals surface area contributed by atoms with Crippen LogP contribution in [0.2, 0.25) is 5.02 Å². The van der Waals surface area contributed by atoms with E-state index < -0.39 is 93.0 Å². The number of pyridine rings is 1. The number of halogens is 2. The SMILES string of the molecule is NC1CCN(c2c(F)cc3c(=O)c(C(=O)NCC4=C(C(=O)[O-])N5C(=O)[C@@H](NC(=O)[C@H](NC(=O)c6coc7cc(O)c(O)cc7c6=O)c6ccc(O)cc6)[C@H]5SC4)cn(C4CC4)c3c2Cl)C1.[Na+]. The number of aromatic nitrogens is 1. The van der Waals surface area contributed by atoms with Crippen LogP contribution in [-0.2, 0) is 14.4 Å². The molecule has 5 heterocycles. The Hall–Kier alpha value is -6.10. The van der Waals surface area contributed by atoms with Crippen molar-refractivity contribution in [2.75, 3.05) is 30.3 Å². The number of rotatable bonds is 11. The molecule has 66 heavy (non-hydrogen) atoms. The van der Waals surface area contributed by atoms with Gasteiger partial charge in [0.15, 0.2) is 11.5 Å². The number of benzene rings is 3. The number of nitrogens with one attached hydrogen (secondary N) is 3. The number of amides is 4. The number of thioether (sulfide) groups is 1. The van der Waals surface area contributed by atoms with Crippen LogP contribution < -0.4 is 72.1 Å². The van der Waals surface area contributed by atoms with E-state index in [1.165, 1.54) is 30.5 Å². The van der Waals surface area contributed by atoms with Crippen molar-refractivity contribution in [2.45, 2.75) is 48.8 Å². The minimum atomic E-state index is -1.76. The van der Waals surface area contributed by atoms with Crippen LogP contribution in [0.15, 0.2) is 80.2 Å². The van der Waals surface area contributed by atoms with Gasteiger partial charge < -0.3 is 60.8 Å². The second-order valence-corrected chi connectivity index (χ2v) is 17.5. The van der Waals surface area contributed by atoms with E-state index in [-0.39, 0.29) is 102 Å². The number of fused-ring (bicyclic) bond motifs is 3. The first-order valence-corrected chi connectivity index (χ1v) is 21.6. The van der Waals surface area contributed by atoms with E-state index in [1.807, 2.05) is 0 Å². The number of nitrogens with zero attached hydrogens (tertiary/aromatic N) is 3. The largest absolute Gasteiger partial charge is 1.00 e. The number of hydrogen-bond acceptors (Lipinski definition) is 15. The number of hydrogen-bond donors (Lipinski definition) is 7. The molecule has 1 unspecified atom stereocenters. The van der Waals surface area contributed by atoms with Crippen LogP contribution in [0.5, 0.6) is 17.2 Å². The summed E-state index contributed by atoms with van der Waals surface area (Å²) in [5.41, 5.74) is 3.28. The van der Waals surface area contributed by atoms with Crippen molar-refractivity contribution in [3.8, 4) is 17.2 Å². The summed E-state index contributed by atoms with van der Waals surface area (Å²) in [7, 11) is 0. The normalized spacial score (nSPS) is 19.5. The molecule has 0 radical (unpaired) electrons. The molecule has 8 N–H and O–H groups in total. The number of aliphatic carboxylic acids is 1. The molecule has 23 heteroatoms. The van der Waals surface area contributed by atoms with Gasteiger partial charge in [-0.3, -0.25) is 33.7 Å². The number of carbonyl (C=O) groups excluding carboxylic acids is 5. The maximum atomic E-state index is 15.7. The van der Waals surface area contributed by atoms with E-state index in [9.17, 15) is 54.0 Å². The third-order valence-corrected chi connectivity index (χ3v) is 13.5. The van der Waals surface area contributed by atoms with Crippen LogP contribution in [0.25, 0.3) is 21.9 Å². The number of phenolic OH excluding ortho intramolecular Hbond substituents is 3. The van der Waals surface area contributed by atoms with Gasteiger partial charge in [0.05, 0.1) is 38.7 Å². The molecule has 2 aromatic heterocycles. The average molecular weight is 952 g/mol. The number of β-lactam (4-membered cyclic amide) rings is 1. The molecule has 336 valence electrons. The molecule has 1 saturated carbocycles. The number of phenols is 3. The molecule has 4 amide bonds. The van der Waals surface area contributed by atoms with Crippen LogP contribution in [0.3, 0.4) is 0 Å². The standard InChI is InChI=1S/C43H37ClFN7O12S.Na/c44-30-34-23(9-26(45)35(30)50-8-7-19(46)13-50)37(57)24(14-51(34)20-3-4-20)38(58)47-12-18-16-65-42-32(41(61)52(42)33(18)43(62)63)49-40(60)31(17-1-5-21(53)6-2-17)48-39(59)25-15-64-29-11-28(55)27(54)10-22(29)36(25)56;/h1-2,5-6,9-11,14-15,19-20,31-32,42,53-55H,3-4,7-8,12-13,16,46H2,(H,47,58)(H,48,59)(H,49,60)(H,62,63);/q;+1/p-1/t19?,31-,32-,42-;/m1./s1. The summed E-state index contributed by atoms with van der Waals surface area (Å²) in [6, 6.07) is 4.79. The first kappa shape index (κ1) is 46.4. The molecule has 3 fully saturated rings. The van der Waals surface area contributed by atoms with E-state index in [0.29, 0.717) is 19.5 Å². The third kappa shape index (κ3) is 8.23. The van der Waals surface area contributed by atoms with E-state index in [4.69, 9.17) is 21.8 Å². The smallest absolute Gasteiger partial charge is 0.543 e. The molecule has 0 spiro atoms. The van der Waals surface area contributed by atoms with Crippen LogP contribution in [0.1, 0.15) is 57.6 Å².